The molecule has 0 aliphatic carbocycles. The first-order chi connectivity index (χ1) is 10.9. The Hall–Kier alpha value is -2.88. The standard InChI is InChI=1S/C19H19NO3/c1-12-9-13(2)18(14(3)10-12)20-19(23)17(22)11-16(21)15-7-5-4-6-8-15/h4-11,21H,1-3H3,(H,20,23)/b16-11-. The molecule has 0 fully saturated rings. The number of ketones is 1. The highest BCUT2D eigenvalue weighted by Gasteiger charge is 2.15. The molecule has 0 radical (unpaired) electrons. The molecule has 118 valence electrons. The Morgan fingerprint density at radius 1 is 1.00 bits per heavy atom. The van der Waals surface area contributed by atoms with E-state index in [1.165, 1.54) is 0 Å². The van der Waals surface area contributed by atoms with Gasteiger partial charge in [-0.05, 0) is 31.9 Å². The van der Waals surface area contributed by atoms with E-state index in [2.05, 4.69) is 5.32 Å². The second-order valence-electron chi connectivity index (χ2n) is 5.49. The van der Waals surface area contributed by atoms with E-state index < -0.39 is 11.7 Å². The summed E-state index contributed by atoms with van der Waals surface area (Å²) in [5, 5.41) is 12.5. The number of aryl methyl sites for hydroxylation is 3. The summed E-state index contributed by atoms with van der Waals surface area (Å²) in [6, 6.07) is 12.5. The molecule has 0 aromatic heterocycles. The summed E-state index contributed by atoms with van der Waals surface area (Å²) in [5.41, 5.74) is 3.98. The van der Waals surface area contributed by atoms with Gasteiger partial charge in [0, 0.05) is 17.3 Å². The fourth-order valence-corrected chi connectivity index (χ4v) is 2.43. The van der Waals surface area contributed by atoms with Crippen LogP contribution in [0.2, 0.25) is 0 Å². The molecule has 0 aliphatic rings. The minimum atomic E-state index is -0.800. The first-order valence-corrected chi connectivity index (χ1v) is 7.27. The summed E-state index contributed by atoms with van der Waals surface area (Å²) in [4.78, 5) is 24.0. The van der Waals surface area contributed by atoms with Gasteiger partial charge in [-0.3, -0.25) is 9.59 Å². The second-order valence-corrected chi connectivity index (χ2v) is 5.49. The number of carbonyl (C=O) groups is 2. The van der Waals surface area contributed by atoms with Gasteiger partial charge >= 0.3 is 0 Å². The number of nitrogens with one attached hydrogen (secondary N) is 1. The molecule has 2 aromatic rings. The number of benzene rings is 2. The van der Waals surface area contributed by atoms with E-state index in [0.29, 0.717) is 11.3 Å². The van der Waals surface area contributed by atoms with Gasteiger partial charge in [-0.2, -0.15) is 0 Å². The smallest absolute Gasteiger partial charge is 0.296 e. The van der Waals surface area contributed by atoms with E-state index in [1.807, 2.05) is 32.9 Å². The summed E-state index contributed by atoms with van der Waals surface area (Å²) < 4.78 is 0. The SMILES string of the molecule is Cc1cc(C)c(NC(=O)C(=O)/C=C(\O)c2ccccc2)c(C)c1. The monoisotopic (exact) mass is 309 g/mol. The van der Waals surface area contributed by atoms with Crippen molar-refractivity contribution in [2.45, 2.75) is 20.8 Å². The van der Waals surface area contributed by atoms with Crippen LogP contribution in [0.4, 0.5) is 5.69 Å². The van der Waals surface area contributed by atoms with Gasteiger partial charge in [0.1, 0.15) is 5.76 Å². The van der Waals surface area contributed by atoms with Crippen LogP contribution in [-0.4, -0.2) is 16.8 Å². The van der Waals surface area contributed by atoms with Crippen LogP contribution >= 0.6 is 0 Å². The van der Waals surface area contributed by atoms with Gasteiger partial charge in [0.25, 0.3) is 5.91 Å². The van der Waals surface area contributed by atoms with Crippen molar-refractivity contribution in [2.75, 3.05) is 5.32 Å². The number of amides is 1. The number of anilines is 1. The summed E-state index contributed by atoms with van der Waals surface area (Å²) >= 11 is 0. The number of aliphatic hydroxyl groups excluding tert-OH is 1. The lowest BCUT2D eigenvalue weighted by Crippen LogP contribution is -2.22. The zero-order chi connectivity index (χ0) is 17.0. The van der Waals surface area contributed by atoms with Gasteiger partial charge in [-0.15, -0.1) is 0 Å². The number of hydrogen-bond donors (Lipinski definition) is 2. The molecule has 0 saturated carbocycles. The molecule has 0 aliphatic heterocycles. The first kappa shape index (κ1) is 16.5. The van der Waals surface area contributed by atoms with E-state index in [-0.39, 0.29) is 5.76 Å². The highest BCUT2D eigenvalue weighted by Crippen LogP contribution is 2.22. The highest BCUT2D eigenvalue weighted by molar-refractivity contribution is 6.45. The van der Waals surface area contributed by atoms with Crippen LogP contribution in [-0.2, 0) is 9.59 Å². The lowest BCUT2D eigenvalue weighted by atomic mass is 10.0. The molecule has 0 spiro atoms. The number of hydrogen-bond acceptors (Lipinski definition) is 3. The summed E-state index contributed by atoms with van der Waals surface area (Å²) in [6.07, 6.45) is 0.934. The third kappa shape index (κ3) is 4.07. The van der Waals surface area contributed by atoms with Gasteiger partial charge in [0.05, 0.1) is 0 Å². The van der Waals surface area contributed by atoms with Crippen molar-refractivity contribution in [3.63, 3.8) is 0 Å². The maximum atomic E-state index is 12.1. The van der Waals surface area contributed by atoms with Crippen LogP contribution in [0.5, 0.6) is 0 Å². The van der Waals surface area contributed by atoms with Gasteiger partial charge in [0.15, 0.2) is 0 Å². The van der Waals surface area contributed by atoms with Crippen LogP contribution in [0.1, 0.15) is 22.3 Å². The lowest BCUT2D eigenvalue weighted by molar-refractivity contribution is -0.132. The molecule has 4 heteroatoms. The molecule has 0 atom stereocenters. The van der Waals surface area contributed by atoms with Gasteiger partial charge < -0.3 is 10.4 Å². The Bertz CT molecular complexity index is 753. The minimum absolute atomic E-state index is 0.233. The van der Waals surface area contributed by atoms with Gasteiger partial charge in [-0.25, -0.2) is 0 Å². The first-order valence-electron chi connectivity index (χ1n) is 7.27. The highest BCUT2D eigenvalue weighted by atomic mass is 16.3. The van der Waals surface area contributed by atoms with E-state index in [4.69, 9.17) is 0 Å². The molecule has 0 bridgehead atoms. The Morgan fingerprint density at radius 3 is 2.13 bits per heavy atom. The maximum absolute atomic E-state index is 12.1. The van der Waals surface area contributed by atoms with Crippen molar-refractivity contribution in [3.05, 3.63) is 70.8 Å². The molecule has 4 nitrogen and oxygen atoms in total. The Labute approximate surface area is 135 Å². The zero-order valence-electron chi connectivity index (χ0n) is 13.4. The van der Waals surface area contributed by atoms with Gasteiger partial charge in [0.2, 0.25) is 5.78 Å². The van der Waals surface area contributed by atoms with Crippen LogP contribution in [0.3, 0.4) is 0 Å². The number of carbonyl (C=O) groups excluding carboxylic acids is 2. The molecule has 1 amide bonds. The maximum Gasteiger partial charge on any atom is 0.296 e. The average molecular weight is 309 g/mol. The largest absolute Gasteiger partial charge is 0.507 e. The summed E-state index contributed by atoms with van der Waals surface area (Å²) in [7, 11) is 0. The van der Waals surface area contributed by atoms with Crippen LogP contribution in [0.15, 0.2) is 48.5 Å². The molecular formula is C19H19NO3. The molecule has 2 aromatic carbocycles. The summed E-state index contributed by atoms with van der Waals surface area (Å²) in [5.74, 6) is -1.81. The average Bonchev–Trinajstić information content (AvgIpc) is 2.51. The summed E-state index contributed by atoms with van der Waals surface area (Å²) in [6.45, 7) is 5.71. The fourth-order valence-electron chi connectivity index (χ4n) is 2.43. The van der Waals surface area contributed by atoms with Crippen molar-refractivity contribution < 1.29 is 14.7 Å². The second kappa shape index (κ2) is 6.92. The third-order valence-electron chi connectivity index (χ3n) is 3.48. The molecule has 2 N–H and O–H groups in total. The van der Waals surface area contributed by atoms with Crippen molar-refractivity contribution in [1.29, 1.82) is 0 Å². The van der Waals surface area contributed by atoms with E-state index in [0.717, 1.165) is 22.8 Å². The Kier molecular flexibility index (Phi) is 4.96. The van der Waals surface area contributed by atoms with E-state index >= 15 is 0 Å². The van der Waals surface area contributed by atoms with Crippen LogP contribution < -0.4 is 5.32 Å². The molecule has 0 heterocycles. The van der Waals surface area contributed by atoms with Crippen molar-refractivity contribution in [2.24, 2.45) is 0 Å². The molecule has 2 rings (SSSR count). The Morgan fingerprint density at radius 2 is 1.57 bits per heavy atom. The molecule has 23 heavy (non-hydrogen) atoms. The number of aliphatic hydroxyl groups is 1. The predicted molar refractivity (Wildman–Crippen MR) is 91.3 cm³/mol. The molecule has 0 saturated heterocycles. The van der Waals surface area contributed by atoms with Crippen molar-refractivity contribution in [1.82, 2.24) is 0 Å². The molecule has 0 unspecified atom stereocenters. The van der Waals surface area contributed by atoms with Crippen molar-refractivity contribution in [3.8, 4) is 0 Å². The topological polar surface area (TPSA) is 66.4 Å². The Balaban J connectivity index is 2.17. The normalized spacial score (nSPS) is 11.2. The third-order valence-corrected chi connectivity index (χ3v) is 3.48. The predicted octanol–water partition coefficient (Wildman–Crippen LogP) is 3.72. The minimum Gasteiger partial charge on any atom is -0.507 e. The lowest BCUT2D eigenvalue weighted by Gasteiger charge is -2.11. The molecular weight excluding hydrogens is 290 g/mol. The quantitative estimate of drug-likeness (QED) is 0.514. The zero-order valence-corrected chi connectivity index (χ0v) is 13.4. The number of rotatable bonds is 4. The van der Waals surface area contributed by atoms with Crippen molar-refractivity contribution >= 4 is 23.1 Å². The van der Waals surface area contributed by atoms with Crippen LogP contribution in [0.25, 0.3) is 5.76 Å². The van der Waals surface area contributed by atoms with E-state index in [9.17, 15) is 14.7 Å². The van der Waals surface area contributed by atoms with E-state index in [1.54, 1.807) is 30.3 Å². The fraction of sp³-hybridized carbons (Fsp3) is 0.158. The van der Waals surface area contributed by atoms with Gasteiger partial charge in [-0.1, -0.05) is 48.0 Å². The van der Waals surface area contributed by atoms with Crippen LogP contribution in [0, 0.1) is 20.8 Å².